The van der Waals surface area contributed by atoms with Crippen molar-refractivity contribution in [2.45, 2.75) is 81.5 Å². The Morgan fingerprint density at radius 2 is 1.88 bits per heavy atom. The monoisotopic (exact) mass is 447 g/mol. The smallest absolute Gasteiger partial charge is 0.340 e. The molecule has 0 aromatic heterocycles. The molecule has 3 saturated carbocycles. The standard InChI is InChI=1S/C24H34FN3O4/c25-17-11-15-19-23(20(17)27-9-7-26-8-10-27)32-22-14-4-2-1-3-13(14)5-6-18(22)28(19)12-16(21(15)29)24(30)31/h12-15,17-20,22-23,26H,1-11H2,(H,30,31). The van der Waals surface area contributed by atoms with Gasteiger partial charge in [0.15, 0.2) is 5.78 Å². The molecule has 0 amide bonds. The summed E-state index contributed by atoms with van der Waals surface area (Å²) in [6, 6.07) is -0.558. The third kappa shape index (κ3) is 3.16. The largest absolute Gasteiger partial charge is 0.478 e. The molecule has 3 aliphatic carbocycles. The maximum atomic E-state index is 15.8. The number of alkyl halides is 1. The van der Waals surface area contributed by atoms with Crippen LogP contribution in [0.15, 0.2) is 11.8 Å². The fraction of sp³-hybridized carbons (Fsp3) is 0.833. The first kappa shape index (κ1) is 21.1. The number of Topliss-reactive ketones (excluding diaryl/α,β-unsaturated/α-hetero) is 1. The van der Waals surface area contributed by atoms with Gasteiger partial charge in [0.1, 0.15) is 11.7 Å². The number of aliphatic carboxylic acids is 1. The number of carbonyl (C=O) groups excluding carboxylic acids is 1. The maximum Gasteiger partial charge on any atom is 0.340 e. The van der Waals surface area contributed by atoms with Crippen LogP contribution in [0.2, 0.25) is 0 Å². The lowest BCUT2D eigenvalue weighted by atomic mass is 9.64. The Hall–Kier alpha value is -1.51. The Kier molecular flexibility index (Phi) is 5.30. The Bertz CT molecular complexity index is 815. The second kappa shape index (κ2) is 8.06. The van der Waals surface area contributed by atoms with Gasteiger partial charge in [-0.1, -0.05) is 19.3 Å². The highest BCUT2D eigenvalue weighted by atomic mass is 19.1. The van der Waals surface area contributed by atoms with Crippen molar-refractivity contribution in [2.24, 2.45) is 17.8 Å². The van der Waals surface area contributed by atoms with Crippen LogP contribution < -0.4 is 5.32 Å². The Morgan fingerprint density at radius 3 is 2.66 bits per heavy atom. The fourth-order valence-corrected chi connectivity index (χ4v) is 7.91. The fourth-order valence-electron chi connectivity index (χ4n) is 7.91. The highest BCUT2D eigenvalue weighted by Gasteiger charge is 2.61. The van der Waals surface area contributed by atoms with Gasteiger partial charge >= 0.3 is 5.97 Å². The van der Waals surface area contributed by atoms with Crippen LogP contribution in [0.4, 0.5) is 4.39 Å². The molecule has 7 nitrogen and oxygen atoms in total. The first-order chi connectivity index (χ1) is 15.5. The lowest BCUT2D eigenvalue weighted by Gasteiger charge is -2.62. The van der Waals surface area contributed by atoms with Gasteiger partial charge in [0.05, 0.1) is 30.3 Å². The number of rotatable bonds is 2. The molecular formula is C24H34FN3O4. The van der Waals surface area contributed by atoms with Crippen molar-refractivity contribution >= 4 is 11.8 Å². The van der Waals surface area contributed by atoms with E-state index in [2.05, 4.69) is 15.1 Å². The predicted molar refractivity (Wildman–Crippen MR) is 115 cm³/mol. The molecule has 3 heterocycles. The van der Waals surface area contributed by atoms with E-state index in [9.17, 15) is 14.7 Å². The lowest BCUT2D eigenvalue weighted by molar-refractivity contribution is -0.232. The molecular weight excluding hydrogens is 413 g/mol. The van der Waals surface area contributed by atoms with E-state index < -0.39 is 29.9 Å². The summed E-state index contributed by atoms with van der Waals surface area (Å²) in [5.41, 5.74) is -0.177. The molecule has 0 bridgehead atoms. The van der Waals surface area contributed by atoms with Crippen molar-refractivity contribution in [3.63, 3.8) is 0 Å². The minimum absolute atomic E-state index is 0.00818. The number of ketones is 1. The van der Waals surface area contributed by atoms with Gasteiger partial charge in [-0.2, -0.15) is 0 Å². The summed E-state index contributed by atoms with van der Waals surface area (Å²) in [5.74, 6) is -1.16. The van der Waals surface area contributed by atoms with Crippen molar-refractivity contribution in [3.05, 3.63) is 11.8 Å². The quantitative estimate of drug-likeness (QED) is 0.622. The highest BCUT2D eigenvalue weighted by molar-refractivity contribution is 6.18. The topological polar surface area (TPSA) is 82.1 Å². The predicted octanol–water partition coefficient (Wildman–Crippen LogP) is 1.58. The highest BCUT2D eigenvalue weighted by Crippen LogP contribution is 2.51. The second-order valence-corrected chi connectivity index (χ2v) is 10.7. The molecule has 2 N–H and O–H groups in total. The van der Waals surface area contributed by atoms with Crippen LogP contribution in [0.5, 0.6) is 0 Å². The molecule has 2 saturated heterocycles. The Labute approximate surface area is 188 Å². The summed E-state index contributed by atoms with van der Waals surface area (Å²) < 4.78 is 22.7. The molecule has 6 aliphatic rings. The molecule has 0 spiro atoms. The van der Waals surface area contributed by atoms with Gasteiger partial charge < -0.3 is 20.1 Å². The molecule has 9 atom stereocenters. The van der Waals surface area contributed by atoms with E-state index >= 15 is 4.39 Å². The number of halogens is 1. The van der Waals surface area contributed by atoms with Gasteiger partial charge in [-0.25, -0.2) is 9.18 Å². The molecule has 176 valence electrons. The number of piperazine rings is 1. The van der Waals surface area contributed by atoms with Gasteiger partial charge in [-0.05, 0) is 37.5 Å². The number of hydrogen-bond acceptors (Lipinski definition) is 6. The summed E-state index contributed by atoms with van der Waals surface area (Å²) in [5, 5.41) is 13.1. The lowest BCUT2D eigenvalue weighted by Crippen LogP contribution is -2.74. The van der Waals surface area contributed by atoms with E-state index in [1.54, 1.807) is 6.20 Å². The van der Waals surface area contributed by atoms with Gasteiger partial charge in [0.25, 0.3) is 0 Å². The van der Waals surface area contributed by atoms with Crippen LogP contribution >= 0.6 is 0 Å². The van der Waals surface area contributed by atoms with Crippen LogP contribution in [0, 0.1) is 17.8 Å². The number of ether oxygens (including phenoxy) is 1. The summed E-state index contributed by atoms with van der Waals surface area (Å²) in [7, 11) is 0. The normalized spacial score (nSPS) is 46.5. The average molecular weight is 448 g/mol. The molecule has 32 heavy (non-hydrogen) atoms. The number of hydrogen-bond donors (Lipinski definition) is 2. The molecule has 5 fully saturated rings. The summed E-state index contributed by atoms with van der Waals surface area (Å²) in [6.07, 6.45) is 7.00. The summed E-state index contributed by atoms with van der Waals surface area (Å²) in [6.45, 7) is 3.19. The molecule has 9 unspecified atom stereocenters. The number of morpholine rings is 1. The minimum Gasteiger partial charge on any atom is -0.478 e. The van der Waals surface area contributed by atoms with E-state index in [0.29, 0.717) is 11.8 Å². The van der Waals surface area contributed by atoms with Crippen molar-refractivity contribution in [1.82, 2.24) is 15.1 Å². The Morgan fingerprint density at radius 1 is 1.09 bits per heavy atom. The number of nitrogens with one attached hydrogen (secondary N) is 1. The Balaban J connectivity index is 1.41. The molecule has 6 rings (SSSR count). The van der Waals surface area contributed by atoms with Crippen LogP contribution in [-0.2, 0) is 14.3 Å². The summed E-state index contributed by atoms with van der Waals surface area (Å²) in [4.78, 5) is 29.4. The second-order valence-electron chi connectivity index (χ2n) is 10.7. The molecule has 3 aliphatic heterocycles. The first-order valence-electron chi connectivity index (χ1n) is 12.6. The van der Waals surface area contributed by atoms with Crippen molar-refractivity contribution in [2.75, 3.05) is 26.2 Å². The third-order valence-electron chi connectivity index (χ3n) is 9.26. The van der Waals surface area contributed by atoms with Crippen LogP contribution in [-0.4, -0.2) is 89.3 Å². The minimum atomic E-state index is -1.20. The zero-order valence-corrected chi connectivity index (χ0v) is 18.5. The van der Waals surface area contributed by atoms with E-state index in [0.717, 1.165) is 45.4 Å². The van der Waals surface area contributed by atoms with Gasteiger partial charge in [0.2, 0.25) is 0 Å². The zero-order valence-electron chi connectivity index (χ0n) is 18.5. The van der Waals surface area contributed by atoms with Gasteiger partial charge in [0, 0.05) is 38.3 Å². The SMILES string of the molecule is O=C(O)C1=CN2C3CCC4CCCCC4C3OC3C(N4CCNCC4)C(F)CC(C1=O)C32. The van der Waals surface area contributed by atoms with E-state index in [4.69, 9.17) is 4.74 Å². The molecule has 0 aromatic rings. The third-order valence-corrected chi connectivity index (χ3v) is 9.26. The van der Waals surface area contributed by atoms with Gasteiger partial charge in [-0.3, -0.25) is 9.69 Å². The molecule has 8 heteroatoms. The number of carboxylic acids is 1. The van der Waals surface area contributed by atoms with E-state index in [1.807, 2.05) is 0 Å². The molecule has 0 radical (unpaired) electrons. The molecule has 0 aromatic carbocycles. The number of nitrogens with zero attached hydrogens (tertiary/aromatic N) is 2. The van der Waals surface area contributed by atoms with Gasteiger partial charge in [-0.15, -0.1) is 0 Å². The van der Waals surface area contributed by atoms with Crippen molar-refractivity contribution < 1.29 is 23.8 Å². The van der Waals surface area contributed by atoms with Crippen molar-refractivity contribution in [3.8, 4) is 0 Å². The van der Waals surface area contributed by atoms with Crippen LogP contribution in [0.3, 0.4) is 0 Å². The van der Waals surface area contributed by atoms with Crippen LogP contribution in [0.1, 0.15) is 44.9 Å². The first-order valence-corrected chi connectivity index (χ1v) is 12.6. The maximum absolute atomic E-state index is 15.8. The average Bonchev–Trinajstić information content (AvgIpc) is 2.81. The number of carboxylic acid groups (broad SMARTS) is 1. The summed E-state index contributed by atoms with van der Waals surface area (Å²) >= 11 is 0. The van der Waals surface area contributed by atoms with E-state index in [-0.39, 0.29) is 36.2 Å². The number of carbonyl (C=O) groups is 2. The van der Waals surface area contributed by atoms with E-state index in [1.165, 1.54) is 19.3 Å². The zero-order chi connectivity index (χ0) is 22.0. The number of fused-ring (bicyclic) bond motifs is 4. The van der Waals surface area contributed by atoms with Crippen molar-refractivity contribution in [1.29, 1.82) is 0 Å². The van der Waals surface area contributed by atoms with Crippen LogP contribution in [0.25, 0.3) is 0 Å².